The Balaban J connectivity index is 2.28. The third kappa shape index (κ3) is 4.05. The van der Waals surface area contributed by atoms with Crippen molar-refractivity contribution in [3.05, 3.63) is 48.0 Å². The Morgan fingerprint density at radius 2 is 1.76 bits per heavy atom. The van der Waals surface area contributed by atoms with Crippen LogP contribution in [0.2, 0.25) is 0 Å². The van der Waals surface area contributed by atoms with Gasteiger partial charge in [-0.05, 0) is 43.1 Å². The zero-order valence-electron chi connectivity index (χ0n) is 13.6. The quantitative estimate of drug-likeness (QED) is 0.796. The molecule has 2 aromatic carbocycles. The number of hydrogen-bond acceptors (Lipinski definition) is 2. The summed E-state index contributed by atoms with van der Waals surface area (Å²) < 4.78 is 6.13. The first kappa shape index (κ1) is 16.0. The Kier molecular flexibility index (Phi) is 5.38. The van der Waals surface area contributed by atoms with Gasteiger partial charge in [-0.1, -0.05) is 56.3 Å². The summed E-state index contributed by atoms with van der Waals surface area (Å²) in [5, 5.41) is 6.16. The molecule has 2 heteroatoms. The summed E-state index contributed by atoms with van der Waals surface area (Å²) in [7, 11) is 0. The molecule has 0 saturated heterocycles. The normalized spacial score (nSPS) is 13.5. The Morgan fingerprint density at radius 3 is 2.48 bits per heavy atom. The van der Waals surface area contributed by atoms with Crippen LogP contribution in [-0.4, -0.2) is 18.8 Å². The molecule has 0 saturated carbocycles. The molecular weight excluding hydrogens is 258 g/mol. The summed E-state index contributed by atoms with van der Waals surface area (Å²) in [6.45, 7) is 10.2. The number of benzene rings is 2. The minimum Gasteiger partial charge on any atom is -0.374 e. The molecule has 0 fully saturated rings. The smallest absolute Gasteiger partial charge is 0.0668 e. The number of rotatable bonds is 7. The highest BCUT2D eigenvalue weighted by atomic mass is 16.5. The second-order valence-electron chi connectivity index (χ2n) is 6.10. The van der Waals surface area contributed by atoms with Crippen molar-refractivity contribution in [3.63, 3.8) is 0 Å². The Hall–Kier alpha value is -1.38. The van der Waals surface area contributed by atoms with Gasteiger partial charge in [-0.2, -0.15) is 0 Å². The SMILES string of the molecule is CCNC(COC(C)(C)CC)c1cccc2ccccc12. The molecule has 0 radical (unpaired) electrons. The first-order valence-electron chi connectivity index (χ1n) is 7.92. The van der Waals surface area contributed by atoms with Crippen LogP contribution in [0, 0.1) is 0 Å². The number of hydrogen-bond donors (Lipinski definition) is 1. The molecule has 21 heavy (non-hydrogen) atoms. The van der Waals surface area contributed by atoms with Crippen molar-refractivity contribution < 1.29 is 4.74 Å². The molecule has 0 aliphatic rings. The molecule has 0 heterocycles. The Labute approximate surface area is 128 Å². The highest BCUT2D eigenvalue weighted by molar-refractivity contribution is 5.86. The minimum atomic E-state index is -0.0712. The third-order valence-electron chi connectivity index (χ3n) is 4.14. The van der Waals surface area contributed by atoms with Crippen molar-refractivity contribution in [1.82, 2.24) is 5.32 Å². The van der Waals surface area contributed by atoms with Crippen LogP contribution < -0.4 is 5.32 Å². The molecule has 2 rings (SSSR count). The Bertz CT molecular complexity index is 571. The molecule has 0 aliphatic carbocycles. The van der Waals surface area contributed by atoms with Crippen molar-refractivity contribution in [1.29, 1.82) is 0 Å². The van der Waals surface area contributed by atoms with Crippen LogP contribution in [0.3, 0.4) is 0 Å². The van der Waals surface area contributed by atoms with Crippen LogP contribution in [0.1, 0.15) is 45.7 Å². The maximum atomic E-state index is 6.13. The van der Waals surface area contributed by atoms with Crippen molar-refractivity contribution in [2.45, 2.75) is 45.8 Å². The predicted octanol–water partition coefficient (Wildman–Crippen LogP) is 4.70. The first-order valence-corrected chi connectivity index (χ1v) is 7.92. The lowest BCUT2D eigenvalue weighted by Crippen LogP contribution is -2.31. The van der Waals surface area contributed by atoms with Crippen LogP contribution >= 0.6 is 0 Å². The summed E-state index contributed by atoms with van der Waals surface area (Å²) in [5.41, 5.74) is 1.25. The fourth-order valence-electron chi connectivity index (χ4n) is 2.47. The maximum absolute atomic E-state index is 6.13. The summed E-state index contributed by atoms with van der Waals surface area (Å²) in [4.78, 5) is 0. The second kappa shape index (κ2) is 7.06. The fraction of sp³-hybridized carbons (Fsp3) is 0.474. The Morgan fingerprint density at radius 1 is 1.05 bits per heavy atom. The predicted molar refractivity (Wildman–Crippen MR) is 90.7 cm³/mol. The van der Waals surface area contributed by atoms with Gasteiger partial charge in [0.1, 0.15) is 0 Å². The molecular formula is C19H27NO. The van der Waals surface area contributed by atoms with Crippen LogP contribution in [-0.2, 0) is 4.74 Å². The number of nitrogens with one attached hydrogen (secondary N) is 1. The summed E-state index contributed by atoms with van der Waals surface area (Å²) in [6, 6.07) is 15.3. The zero-order chi connectivity index (χ0) is 15.3. The molecule has 2 nitrogen and oxygen atoms in total. The van der Waals surface area contributed by atoms with Crippen molar-refractivity contribution in [2.24, 2.45) is 0 Å². The average Bonchev–Trinajstić information content (AvgIpc) is 2.51. The number of fused-ring (bicyclic) bond motifs is 1. The van der Waals surface area contributed by atoms with Gasteiger partial charge in [-0.15, -0.1) is 0 Å². The van der Waals surface area contributed by atoms with Gasteiger partial charge in [0.2, 0.25) is 0 Å². The minimum absolute atomic E-state index is 0.0712. The van der Waals surface area contributed by atoms with Gasteiger partial charge in [-0.25, -0.2) is 0 Å². The van der Waals surface area contributed by atoms with Crippen LogP contribution in [0.25, 0.3) is 10.8 Å². The van der Waals surface area contributed by atoms with E-state index in [9.17, 15) is 0 Å². The van der Waals surface area contributed by atoms with Gasteiger partial charge in [0, 0.05) is 0 Å². The van der Waals surface area contributed by atoms with Gasteiger partial charge in [0.25, 0.3) is 0 Å². The second-order valence-corrected chi connectivity index (χ2v) is 6.10. The molecule has 1 N–H and O–H groups in total. The molecule has 2 aromatic rings. The lowest BCUT2D eigenvalue weighted by molar-refractivity contribution is -0.0304. The van der Waals surface area contributed by atoms with Crippen molar-refractivity contribution >= 4 is 10.8 Å². The van der Waals surface area contributed by atoms with Gasteiger partial charge >= 0.3 is 0 Å². The molecule has 0 bridgehead atoms. The summed E-state index contributed by atoms with van der Waals surface area (Å²) in [6.07, 6.45) is 1.02. The largest absolute Gasteiger partial charge is 0.374 e. The van der Waals surface area contributed by atoms with Crippen molar-refractivity contribution in [3.8, 4) is 0 Å². The summed E-state index contributed by atoms with van der Waals surface area (Å²) >= 11 is 0. The number of ether oxygens (including phenoxy) is 1. The first-order chi connectivity index (χ1) is 10.1. The van der Waals surface area contributed by atoms with E-state index in [0.29, 0.717) is 6.61 Å². The van der Waals surface area contributed by atoms with E-state index in [2.05, 4.69) is 75.5 Å². The van der Waals surface area contributed by atoms with Gasteiger partial charge in [0.15, 0.2) is 0 Å². The lowest BCUT2D eigenvalue weighted by Gasteiger charge is -2.28. The third-order valence-corrected chi connectivity index (χ3v) is 4.14. The lowest BCUT2D eigenvalue weighted by atomic mass is 9.98. The van der Waals surface area contributed by atoms with E-state index >= 15 is 0 Å². The van der Waals surface area contributed by atoms with E-state index in [1.165, 1.54) is 16.3 Å². The fourth-order valence-corrected chi connectivity index (χ4v) is 2.47. The molecule has 0 aliphatic heterocycles. The number of likely N-dealkylation sites (N-methyl/N-ethyl adjacent to an activating group) is 1. The van der Waals surface area contributed by atoms with E-state index in [1.807, 2.05) is 0 Å². The molecule has 1 atom stereocenters. The highest BCUT2D eigenvalue weighted by Crippen LogP contribution is 2.26. The highest BCUT2D eigenvalue weighted by Gasteiger charge is 2.20. The van der Waals surface area contributed by atoms with Gasteiger partial charge in [0.05, 0.1) is 18.2 Å². The van der Waals surface area contributed by atoms with E-state index in [4.69, 9.17) is 4.74 Å². The van der Waals surface area contributed by atoms with E-state index in [0.717, 1.165) is 13.0 Å². The van der Waals surface area contributed by atoms with E-state index in [1.54, 1.807) is 0 Å². The zero-order valence-corrected chi connectivity index (χ0v) is 13.6. The molecule has 0 spiro atoms. The molecule has 114 valence electrons. The van der Waals surface area contributed by atoms with Gasteiger partial charge in [-0.3, -0.25) is 0 Å². The summed E-state index contributed by atoms with van der Waals surface area (Å²) in [5.74, 6) is 0. The van der Waals surface area contributed by atoms with Gasteiger partial charge < -0.3 is 10.1 Å². The maximum Gasteiger partial charge on any atom is 0.0668 e. The van der Waals surface area contributed by atoms with E-state index in [-0.39, 0.29) is 11.6 Å². The molecule has 0 amide bonds. The van der Waals surface area contributed by atoms with Crippen molar-refractivity contribution in [2.75, 3.05) is 13.2 Å². The van der Waals surface area contributed by atoms with Crippen LogP contribution in [0.15, 0.2) is 42.5 Å². The monoisotopic (exact) mass is 285 g/mol. The molecule has 1 unspecified atom stereocenters. The van der Waals surface area contributed by atoms with Crippen LogP contribution in [0.4, 0.5) is 0 Å². The molecule has 0 aromatic heterocycles. The topological polar surface area (TPSA) is 21.3 Å². The van der Waals surface area contributed by atoms with E-state index < -0.39 is 0 Å². The van der Waals surface area contributed by atoms with Crippen LogP contribution in [0.5, 0.6) is 0 Å². The average molecular weight is 285 g/mol. The standard InChI is InChI=1S/C19H27NO/c1-5-19(3,4)21-14-18(20-6-2)17-13-9-11-15-10-7-8-12-16(15)17/h7-13,18,20H,5-6,14H2,1-4H3.